The van der Waals surface area contributed by atoms with Gasteiger partial charge in [0.1, 0.15) is 30.4 Å². The van der Waals surface area contributed by atoms with E-state index >= 15 is 0 Å². The molecule has 0 spiro atoms. The normalized spacial score (nSPS) is 15.3. The van der Waals surface area contributed by atoms with Gasteiger partial charge >= 0.3 is 0 Å². The highest BCUT2D eigenvalue weighted by Crippen LogP contribution is 2.30. The Labute approximate surface area is 122 Å². The largest absolute Gasteiger partial charge is 0.487 e. The second-order valence-corrected chi connectivity index (χ2v) is 5.16. The van der Waals surface area contributed by atoms with E-state index in [1.807, 2.05) is 29.1 Å². The van der Waals surface area contributed by atoms with E-state index in [9.17, 15) is 0 Å². The first-order valence-corrected chi connectivity index (χ1v) is 6.82. The fourth-order valence-corrected chi connectivity index (χ4v) is 2.16. The van der Waals surface area contributed by atoms with Crippen molar-refractivity contribution in [3.63, 3.8) is 0 Å². The summed E-state index contributed by atoms with van der Waals surface area (Å²) in [5, 5.41) is 16.5. The highest BCUT2D eigenvalue weighted by atomic mass is 16.5. The Kier molecular flexibility index (Phi) is 3.51. The molecule has 0 unspecified atom stereocenters. The smallest absolute Gasteiger partial charge is 0.134 e. The number of ether oxygens (including phenoxy) is 2. The Bertz CT molecular complexity index is 677. The zero-order chi connectivity index (χ0) is 14.8. The van der Waals surface area contributed by atoms with Crippen molar-refractivity contribution in [1.29, 1.82) is 0 Å². The molecule has 2 aromatic rings. The Balaban J connectivity index is 1.68. The van der Waals surface area contributed by atoms with Gasteiger partial charge in [-0.2, -0.15) is 5.10 Å². The highest BCUT2D eigenvalue weighted by Gasteiger charge is 2.20. The summed E-state index contributed by atoms with van der Waals surface area (Å²) in [4.78, 5) is 0. The quantitative estimate of drug-likeness (QED) is 0.693. The topological polar surface area (TPSA) is 68.9 Å². The molecule has 0 radical (unpaired) electrons. The zero-order valence-corrected chi connectivity index (χ0v) is 12.0. The molecular weight excluding hydrogens is 270 g/mol. The van der Waals surface area contributed by atoms with Crippen molar-refractivity contribution in [2.75, 3.05) is 6.61 Å². The van der Waals surface area contributed by atoms with Crippen LogP contribution in [0.1, 0.15) is 31.1 Å². The second kappa shape index (κ2) is 5.47. The van der Waals surface area contributed by atoms with Crippen molar-refractivity contribution < 1.29 is 14.7 Å². The van der Waals surface area contributed by atoms with Crippen LogP contribution < -0.4 is 9.47 Å². The maximum Gasteiger partial charge on any atom is 0.134 e. The van der Waals surface area contributed by atoms with E-state index in [0.717, 1.165) is 11.3 Å². The predicted octanol–water partition coefficient (Wildman–Crippen LogP) is 2.61. The van der Waals surface area contributed by atoms with Gasteiger partial charge in [0.25, 0.3) is 0 Å². The van der Waals surface area contributed by atoms with E-state index in [1.54, 1.807) is 6.07 Å². The van der Waals surface area contributed by atoms with Gasteiger partial charge in [-0.25, -0.2) is 0 Å². The lowest BCUT2D eigenvalue weighted by atomic mass is 10.1. The number of nitrogens with zero attached hydrogens (tertiary/aromatic N) is 3. The number of benzene rings is 1. The first-order valence-electron chi connectivity index (χ1n) is 6.82. The first kappa shape index (κ1) is 13.5. The van der Waals surface area contributed by atoms with E-state index in [2.05, 4.69) is 24.1 Å². The summed E-state index contributed by atoms with van der Waals surface area (Å²) < 4.78 is 13.1. The van der Waals surface area contributed by atoms with E-state index in [-0.39, 0.29) is 6.61 Å². The molecule has 0 amide bonds. The van der Waals surface area contributed by atoms with E-state index in [4.69, 9.17) is 14.7 Å². The van der Waals surface area contributed by atoms with Crippen molar-refractivity contribution in [3.05, 3.63) is 41.7 Å². The van der Waals surface area contributed by atoms with Crippen LogP contribution in [0.4, 0.5) is 0 Å². The summed E-state index contributed by atoms with van der Waals surface area (Å²) in [5.41, 5.74) is 2.21. The first-order chi connectivity index (χ1) is 10.2. The van der Waals surface area contributed by atoms with Crippen molar-refractivity contribution in [2.45, 2.75) is 26.5 Å². The molecule has 0 aliphatic carbocycles. The highest BCUT2D eigenvalue weighted by molar-refractivity contribution is 6.05. The fraction of sp³-hybridized carbons (Fsp3) is 0.333. The van der Waals surface area contributed by atoms with Crippen LogP contribution in [0.2, 0.25) is 0 Å². The predicted molar refractivity (Wildman–Crippen MR) is 77.2 cm³/mol. The summed E-state index contributed by atoms with van der Waals surface area (Å²) in [6.45, 7) is 4.85. The molecule has 1 aromatic heterocycles. The molecule has 0 atom stereocenters. The van der Waals surface area contributed by atoms with Crippen molar-refractivity contribution in [2.24, 2.45) is 5.16 Å². The molecule has 1 aliphatic rings. The van der Waals surface area contributed by atoms with Gasteiger partial charge in [0, 0.05) is 23.9 Å². The lowest BCUT2D eigenvalue weighted by Gasteiger charge is -2.07. The van der Waals surface area contributed by atoms with Gasteiger partial charge in [-0.05, 0) is 32.0 Å². The molecule has 6 nitrogen and oxygen atoms in total. The minimum atomic E-state index is 0.286. The van der Waals surface area contributed by atoms with Gasteiger partial charge in [0.05, 0.1) is 5.69 Å². The SMILES string of the molecule is CC(C)n1ccc(COc2ccc3c(c2)OCC3=NO)n1. The minimum absolute atomic E-state index is 0.286. The maximum absolute atomic E-state index is 8.85. The standard InChI is InChI=1S/C15H17N3O3/c1-10(2)18-6-5-11(16-18)8-20-12-3-4-13-14(17-19)9-21-15(13)7-12/h3-7,10,19H,8-9H2,1-2H3. The third-order valence-corrected chi connectivity index (χ3v) is 3.33. The van der Waals surface area contributed by atoms with Crippen LogP contribution in [0.15, 0.2) is 35.6 Å². The number of aromatic nitrogens is 2. The van der Waals surface area contributed by atoms with Crippen LogP contribution in [0.3, 0.4) is 0 Å². The summed E-state index contributed by atoms with van der Waals surface area (Å²) in [6, 6.07) is 7.74. The molecule has 0 bridgehead atoms. The summed E-state index contributed by atoms with van der Waals surface area (Å²) in [7, 11) is 0. The average Bonchev–Trinajstić information content (AvgIpc) is 3.11. The Morgan fingerprint density at radius 2 is 2.29 bits per heavy atom. The molecular formula is C15H17N3O3. The lowest BCUT2D eigenvalue weighted by molar-refractivity contribution is 0.296. The van der Waals surface area contributed by atoms with Crippen molar-refractivity contribution in [1.82, 2.24) is 9.78 Å². The number of oxime groups is 1. The van der Waals surface area contributed by atoms with E-state index in [0.29, 0.717) is 29.9 Å². The van der Waals surface area contributed by atoms with Gasteiger partial charge in [-0.3, -0.25) is 4.68 Å². The molecule has 0 saturated heterocycles. The van der Waals surface area contributed by atoms with Gasteiger partial charge in [0.15, 0.2) is 0 Å². The summed E-state index contributed by atoms with van der Waals surface area (Å²) in [5.74, 6) is 1.38. The van der Waals surface area contributed by atoms with Crippen LogP contribution in [-0.2, 0) is 6.61 Å². The van der Waals surface area contributed by atoms with Gasteiger partial charge in [0.2, 0.25) is 0 Å². The number of rotatable bonds is 4. The van der Waals surface area contributed by atoms with Crippen LogP contribution in [0.25, 0.3) is 0 Å². The molecule has 1 aliphatic heterocycles. The molecule has 6 heteroatoms. The van der Waals surface area contributed by atoms with E-state index in [1.165, 1.54) is 0 Å². The molecule has 0 fully saturated rings. The zero-order valence-electron chi connectivity index (χ0n) is 12.0. The summed E-state index contributed by atoms with van der Waals surface area (Å²) in [6.07, 6.45) is 1.94. The maximum atomic E-state index is 8.85. The van der Waals surface area contributed by atoms with Crippen molar-refractivity contribution in [3.8, 4) is 11.5 Å². The Morgan fingerprint density at radius 1 is 1.43 bits per heavy atom. The third kappa shape index (κ3) is 2.69. The lowest BCUT2D eigenvalue weighted by Crippen LogP contribution is -2.03. The molecule has 1 aromatic carbocycles. The summed E-state index contributed by atoms with van der Waals surface area (Å²) >= 11 is 0. The molecule has 2 heterocycles. The second-order valence-electron chi connectivity index (χ2n) is 5.16. The third-order valence-electron chi connectivity index (χ3n) is 3.33. The van der Waals surface area contributed by atoms with Gasteiger partial charge in [-0.15, -0.1) is 0 Å². The minimum Gasteiger partial charge on any atom is -0.487 e. The molecule has 21 heavy (non-hydrogen) atoms. The van der Waals surface area contributed by atoms with E-state index < -0.39 is 0 Å². The Hall–Kier alpha value is -2.50. The fourth-order valence-electron chi connectivity index (χ4n) is 2.16. The molecule has 110 valence electrons. The number of fused-ring (bicyclic) bond motifs is 1. The average molecular weight is 287 g/mol. The molecule has 0 saturated carbocycles. The van der Waals surface area contributed by atoms with Gasteiger partial charge < -0.3 is 14.7 Å². The van der Waals surface area contributed by atoms with Crippen LogP contribution in [0.5, 0.6) is 11.5 Å². The van der Waals surface area contributed by atoms with Gasteiger partial charge in [-0.1, -0.05) is 5.16 Å². The van der Waals surface area contributed by atoms with Crippen molar-refractivity contribution >= 4 is 5.71 Å². The molecule has 3 rings (SSSR count). The Morgan fingerprint density at radius 3 is 3.00 bits per heavy atom. The number of hydrogen-bond acceptors (Lipinski definition) is 5. The number of hydrogen-bond donors (Lipinski definition) is 1. The molecule has 1 N–H and O–H groups in total. The monoisotopic (exact) mass is 287 g/mol. The van der Waals surface area contributed by atoms with Crippen LogP contribution >= 0.6 is 0 Å². The van der Waals surface area contributed by atoms with Crippen LogP contribution in [-0.4, -0.2) is 27.3 Å². The van der Waals surface area contributed by atoms with Crippen LogP contribution in [0, 0.1) is 0 Å².